The molecule has 0 aromatic rings. The van der Waals surface area contributed by atoms with E-state index in [2.05, 4.69) is 17.2 Å². The smallest absolute Gasteiger partial charge is 0.110 e. The Morgan fingerprint density at radius 2 is 2.60 bits per heavy atom. The lowest BCUT2D eigenvalue weighted by atomic mass is 11.7. The van der Waals surface area contributed by atoms with Gasteiger partial charge in [0.05, 0.1) is 5.96 Å². The van der Waals surface area contributed by atoms with Gasteiger partial charge >= 0.3 is 0 Å². The Kier molecular flexibility index (Phi) is 4.71. The van der Waals surface area contributed by atoms with Crippen molar-refractivity contribution in [2.75, 3.05) is 0 Å². The lowest BCUT2D eigenvalue weighted by Gasteiger charge is -1.61. The molecule has 1 nitrogen and oxygen atoms in total. The second-order valence-electron chi connectivity index (χ2n) is 0.354. The van der Waals surface area contributed by atoms with Crippen LogP contribution in [0.2, 0.25) is 0 Å². The first kappa shape index (κ1) is 5.38. The van der Waals surface area contributed by atoms with Gasteiger partial charge < -0.3 is 0 Å². The molecule has 0 N–H and O–H groups in total. The van der Waals surface area contributed by atoms with Gasteiger partial charge in [-0.2, -0.15) is 0 Å². The molecule has 0 spiro atoms. The zero-order valence-electron chi connectivity index (χ0n) is 2.35. The summed E-state index contributed by atoms with van der Waals surface area (Å²) in [5.41, 5.74) is 0. The van der Waals surface area contributed by atoms with Crippen molar-refractivity contribution >= 4 is 27.7 Å². The summed E-state index contributed by atoms with van der Waals surface area (Å²) in [4.78, 5) is 0. The van der Waals surface area contributed by atoms with Crippen LogP contribution in [0, 0.1) is 0 Å². The zero-order chi connectivity index (χ0) is 4.12. The normalized spacial score (nSPS) is 12.4. The van der Waals surface area contributed by atoms with E-state index < -0.39 is 8.89 Å². The van der Waals surface area contributed by atoms with Crippen LogP contribution in [0.15, 0.2) is 4.40 Å². The molecule has 0 aromatic heterocycles. The van der Waals surface area contributed by atoms with Crippen LogP contribution in [0.1, 0.15) is 0 Å². The molecule has 30 valence electrons. The van der Waals surface area contributed by atoms with Crippen LogP contribution in [0.25, 0.3) is 0 Å². The molecule has 0 heterocycles. The zero-order valence-corrected chi connectivity index (χ0v) is 4.24. The van der Waals surface area contributed by atoms with Crippen molar-refractivity contribution < 1.29 is 4.20 Å². The highest BCUT2D eigenvalue weighted by atomic mass is 32.1. The van der Waals surface area contributed by atoms with Crippen molar-refractivity contribution in [1.29, 1.82) is 0 Å². The molecule has 0 aliphatic rings. The quantitative estimate of drug-likeness (QED) is 0.298. The van der Waals surface area contributed by atoms with Crippen molar-refractivity contribution in [3.8, 4) is 0 Å². The third-order valence-corrected chi connectivity index (χ3v) is 0.666. The number of thiol groups is 1. The minimum absolute atomic E-state index is 0.710. The fourth-order valence-corrected chi connectivity index (χ4v) is 0.196. The molecule has 0 rings (SSSR count). The van der Waals surface area contributed by atoms with Crippen molar-refractivity contribution in [1.82, 2.24) is 0 Å². The van der Waals surface area contributed by atoms with Crippen LogP contribution in [0.3, 0.4) is 0 Å². The topological polar surface area (TPSA) is 12.4 Å². The second-order valence-corrected chi connectivity index (χ2v) is 1.06. The Labute approximate surface area is 37.1 Å². The van der Waals surface area contributed by atoms with Gasteiger partial charge in [0.2, 0.25) is 0 Å². The Bertz CT molecular complexity index is 38.6. The van der Waals surface area contributed by atoms with Gasteiger partial charge in [-0.15, -0.1) is 0 Å². The molecule has 4 heteroatoms. The number of rotatable bonds is 1. The fraction of sp³-hybridized carbons (Fsp3) is 0. The molecule has 0 amide bonds. The maximum atomic E-state index is 10.8. The second kappa shape index (κ2) is 4.38. The average Bonchev–Trinajstić information content (AvgIpc) is 1.41. The molecule has 0 saturated carbocycles. The highest BCUT2D eigenvalue weighted by molar-refractivity contribution is 7.79. The van der Waals surface area contributed by atoms with E-state index in [0.29, 0.717) is 0 Å². The SMILES string of the molecule is FPC=NS. The Morgan fingerprint density at radius 3 is 2.60 bits per heavy atom. The Morgan fingerprint density at radius 1 is 2.00 bits per heavy atom. The summed E-state index contributed by atoms with van der Waals surface area (Å²) in [6.45, 7) is 0. The molecular weight excluding hydrogens is 108 g/mol. The highest BCUT2D eigenvalue weighted by Gasteiger charge is 1.58. The highest BCUT2D eigenvalue weighted by Crippen LogP contribution is 2.03. The third kappa shape index (κ3) is 4.38. The standard InChI is InChI=1S/CH3FNPS/c2-4-1-3-5/h1,4-5H. The monoisotopic (exact) mass is 111 g/mol. The van der Waals surface area contributed by atoms with Gasteiger partial charge in [0.25, 0.3) is 0 Å². The van der Waals surface area contributed by atoms with Crippen LogP contribution in [-0.2, 0) is 0 Å². The summed E-state index contributed by atoms with van der Waals surface area (Å²) in [6, 6.07) is 0. The van der Waals surface area contributed by atoms with E-state index in [4.69, 9.17) is 0 Å². The summed E-state index contributed by atoms with van der Waals surface area (Å²) in [6.07, 6.45) is 0. The number of nitrogens with zero attached hydrogens (tertiary/aromatic N) is 1. The molecule has 1 atom stereocenters. The van der Waals surface area contributed by atoms with E-state index in [-0.39, 0.29) is 0 Å². The summed E-state index contributed by atoms with van der Waals surface area (Å²) >= 11 is 3.34. The number of hydrogen-bond acceptors (Lipinski definition) is 2. The first-order valence-corrected chi connectivity index (χ1v) is 2.29. The van der Waals surface area contributed by atoms with E-state index in [1.54, 1.807) is 0 Å². The van der Waals surface area contributed by atoms with E-state index in [1.807, 2.05) is 0 Å². The molecule has 0 aliphatic heterocycles. The lowest BCUT2D eigenvalue weighted by molar-refractivity contribution is 0.933. The van der Waals surface area contributed by atoms with E-state index >= 15 is 0 Å². The van der Waals surface area contributed by atoms with Gasteiger partial charge in [0.1, 0.15) is 8.89 Å². The molecular formula is CH3FNPS. The summed E-state index contributed by atoms with van der Waals surface area (Å²) in [5, 5.41) is 0. The summed E-state index contributed by atoms with van der Waals surface area (Å²) in [7, 11) is -0.710. The van der Waals surface area contributed by atoms with Gasteiger partial charge in [-0.3, -0.25) is 0 Å². The van der Waals surface area contributed by atoms with Gasteiger partial charge in [-0.25, -0.2) is 8.59 Å². The number of hydrogen-bond donors (Lipinski definition) is 1. The molecule has 0 fully saturated rings. The van der Waals surface area contributed by atoms with E-state index in [9.17, 15) is 4.20 Å². The molecule has 0 radical (unpaired) electrons. The van der Waals surface area contributed by atoms with E-state index in [1.165, 1.54) is 0 Å². The molecule has 0 bridgehead atoms. The van der Waals surface area contributed by atoms with Crippen molar-refractivity contribution in [2.24, 2.45) is 4.40 Å². The molecule has 1 unspecified atom stereocenters. The maximum absolute atomic E-state index is 10.8. The molecule has 0 saturated heterocycles. The van der Waals surface area contributed by atoms with Crippen LogP contribution in [-0.4, -0.2) is 5.96 Å². The minimum Gasteiger partial charge on any atom is -0.225 e. The first-order chi connectivity index (χ1) is 2.41. The maximum Gasteiger partial charge on any atom is 0.110 e. The largest absolute Gasteiger partial charge is 0.225 e. The van der Waals surface area contributed by atoms with Gasteiger partial charge in [0.15, 0.2) is 0 Å². The predicted octanol–water partition coefficient (Wildman–Crippen LogP) is 1.42. The Balaban J connectivity index is 2.62. The van der Waals surface area contributed by atoms with Crippen molar-refractivity contribution in [2.45, 2.75) is 0 Å². The Hall–Kier alpha value is 0.380. The predicted molar refractivity (Wildman–Crippen MR) is 26.9 cm³/mol. The summed E-state index contributed by atoms with van der Waals surface area (Å²) in [5.74, 6) is 1.10. The van der Waals surface area contributed by atoms with E-state index in [0.717, 1.165) is 5.96 Å². The first-order valence-electron chi connectivity index (χ1n) is 0.936. The van der Waals surface area contributed by atoms with Crippen molar-refractivity contribution in [3.63, 3.8) is 0 Å². The summed E-state index contributed by atoms with van der Waals surface area (Å²) < 4.78 is 13.9. The molecule has 5 heavy (non-hydrogen) atoms. The van der Waals surface area contributed by atoms with Crippen LogP contribution in [0.5, 0.6) is 0 Å². The molecule has 0 aliphatic carbocycles. The van der Waals surface area contributed by atoms with Gasteiger partial charge in [0, 0.05) is 0 Å². The van der Waals surface area contributed by atoms with Crippen LogP contribution < -0.4 is 0 Å². The van der Waals surface area contributed by atoms with Crippen molar-refractivity contribution in [3.05, 3.63) is 0 Å². The van der Waals surface area contributed by atoms with Gasteiger partial charge in [-0.05, 0) is 12.8 Å². The average molecular weight is 111 g/mol. The third-order valence-electron chi connectivity index (χ3n) is 0.107. The minimum atomic E-state index is -0.710. The lowest BCUT2D eigenvalue weighted by Crippen LogP contribution is -1.36. The molecule has 0 aromatic carbocycles. The fourth-order valence-electron chi connectivity index (χ4n) is 0.0218. The van der Waals surface area contributed by atoms with Crippen LogP contribution in [0.4, 0.5) is 4.20 Å². The van der Waals surface area contributed by atoms with Crippen LogP contribution >= 0.6 is 21.7 Å². The number of halogens is 1. The van der Waals surface area contributed by atoms with Gasteiger partial charge in [-0.1, -0.05) is 0 Å².